The summed E-state index contributed by atoms with van der Waals surface area (Å²) in [7, 11) is 0. The van der Waals surface area contributed by atoms with Crippen molar-refractivity contribution in [3.63, 3.8) is 0 Å². The van der Waals surface area contributed by atoms with E-state index in [4.69, 9.17) is 16.3 Å². The van der Waals surface area contributed by atoms with Crippen molar-refractivity contribution in [3.8, 4) is 0 Å². The molecule has 2 aromatic rings. The van der Waals surface area contributed by atoms with Gasteiger partial charge in [0.25, 0.3) is 0 Å². The maximum absolute atomic E-state index is 12.1. The fraction of sp³-hybridized carbons (Fsp3) is 0.357. The van der Waals surface area contributed by atoms with E-state index in [0.717, 1.165) is 0 Å². The van der Waals surface area contributed by atoms with Gasteiger partial charge in [-0.15, -0.1) is 0 Å². The number of esters is 1. The lowest BCUT2D eigenvalue weighted by atomic mass is 10.1. The van der Waals surface area contributed by atoms with Crippen molar-refractivity contribution < 1.29 is 14.6 Å². The zero-order valence-electron chi connectivity index (χ0n) is 11.1. The molecule has 19 heavy (non-hydrogen) atoms. The van der Waals surface area contributed by atoms with Gasteiger partial charge in [-0.3, -0.25) is 0 Å². The smallest absolute Gasteiger partial charge is 0.340 e. The molecule has 1 aromatic heterocycles. The number of carbonyl (C=O) groups is 1. The van der Waals surface area contributed by atoms with Crippen molar-refractivity contribution >= 4 is 28.5 Å². The number of nitrogens with one attached hydrogen (secondary N) is 1. The number of carbonyl (C=O) groups excluding carboxylic acids is 1. The summed E-state index contributed by atoms with van der Waals surface area (Å²) in [5.74, 6) is -0.421. The Kier molecular flexibility index (Phi) is 3.56. The number of benzene rings is 1. The number of aromatic amines is 1. The van der Waals surface area contributed by atoms with E-state index in [1.54, 1.807) is 18.3 Å². The summed E-state index contributed by atoms with van der Waals surface area (Å²) < 4.78 is 5.35. The largest absolute Gasteiger partial charge is 0.456 e. The summed E-state index contributed by atoms with van der Waals surface area (Å²) in [5.41, 5.74) is 1.15. The Hall–Kier alpha value is -1.52. The molecule has 0 bridgehead atoms. The molecule has 0 saturated carbocycles. The summed E-state index contributed by atoms with van der Waals surface area (Å²) in [5, 5.41) is 10.6. The zero-order chi connectivity index (χ0) is 14.2. The number of H-pyrrole nitrogens is 1. The van der Waals surface area contributed by atoms with Gasteiger partial charge in [-0.2, -0.15) is 0 Å². The van der Waals surface area contributed by atoms with Gasteiger partial charge in [0.05, 0.1) is 12.2 Å². The molecule has 0 aliphatic heterocycles. The first-order valence-corrected chi connectivity index (χ1v) is 6.33. The van der Waals surface area contributed by atoms with E-state index >= 15 is 0 Å². The van der Waals surface area contributed by atoms with E-state index < -0.39 is 11.6 Å². The van der Waals surface area contributed by atoms with Crippen molar-refractivity contribution in [2.45, 2.75) is 33.0 Å². The normalized spacial score (nSPS) is 11.8. The SMILES string of the molecule is CC(C)(C)OC(=O)c1c[nH]c2cc(Cl)cc(CO)c12. The minimum Gasteiger partial charge on any atom is -0.456 e. The molecule has 0 spiro atoms. The lowest BCUT2D eigenvalue weighted by Crippen LogP contribution is -2.23. The van der Waals surface area contributed by atoms with Gasteiger partial charge in [0.1, 0.15) is 5.60 Å². The number of aliphatic hydroxyl groups is 1. The average Bonchev–Trinajstić information content (AvgIpc) is 2.69. The molecular formula is C14H16ClNO3. The van der Waals surface area contributed by atoms with Crippen LogP contribution in [-0.2, 0) is 11.3 Å². The van der Waals surface area contributed by atoms with Crippen LogP contribution in [0.4, 0.5) is 0 Å². The number of hydrogen-bond acceptors (Lipinski definition) is 3. The van der Waals surface area contributed by atoms with E-state index in [1.807, 2.05) is 20.8 Å². The highest BCUT2D eigenvalue weighted by Gasteiger charge is 2.22. The summed E-state index contributed by atoms with van der Waals surface area (Å²) in [6.07, 6.45) is 1.58. The first-order valence-electron chi connectivity index (χ1n) is 5.95. The molecule has 2 rings (SSSR count). The highest BCUT2D eigenvalue weighted by molar-refractivity contribution is 6.31. The number of halogens is 1. The lowest BCUT2D eigenvalue weighted by molar-refractivity contribution is 0.00718. The maximum Gasteiger partial charge on any atom is 0.340 e. The van der Waals surface area contributed by atoms with Gasteiger partial charge in [-0.1, -0.05) is 11.6 Å². The van der Waals surface area contributed by atoms with E-state index in [2.05, 4.69) is 4.98 Å². The maximum atomic E-state index is 12.1. The quantitative estimate of drug-likeness (QED) is 0.831. The highest BCUT2D eigenvalue weighted by Crippen LogP contribution is 2.28. The van der Waals surface area contributed by atoms with Crippen LogP contribution < -0.4 is 0 Å². The predicted octanol–water partition coefficient (Wildman–Crippen LogP) is 3.27. The van der Waals surface area contributed by atoms with E-state index in [0.29, 0.717) is 27.1 Å². The zero-order valence-corrected chi connectivity index (χ0v) is 11.8. The molecule has 0 atom stereocenters. The molecule has 0 radical (unpaired) electrons. The molecule has 4 nitrogen and oxygen atoms in total. The summed E-state index contributed by atoms with van der Waals surface area (Å²) in [4.78, 5) is 15.1. The Morgan fingerprint density at radius 2 is 2.11 bits per heavy atom. The Morgan fingerprint density at radius 3 is 2.68 bits per heavy atom. The molecule has 5 heteroatoms. The minimum absolute atomic E-state index is 0.190. The predicted molar refractivity (Wildman–Crippen MR) is 74.4 cm³/mol. The summed E-state index contributed by atoms with van der Waals surface area (Å²) in [6.45, 7) is 5.24. The monoisotopic (exact) mass is 281 g/mol. The van der Waals surface area contributed by atoms with Crippen LogP contribution in [-0.4, -0.2) is 21.7 Å². The van der Waals surface area contributed by atoms with Crippen LogP contribution in [0.25, 0.3) is 10.9 Å². The van der Waals surface area contributed by atoms with Crippen LogP contribution in [0.3, 0.4) is 0 Å². The number of rotatable bonds is 2. The number of fused-ring (bicyclic) bond motifs is 1. The Labute approximate surface area is 116 Å². The van der Waals surface area contributed by atoms with Gasteiger partial charge >= 0.3 is 5.97 Å². The number of hydrogen-bond donors (Lipinski definition) is 2. The van der Waals surface area contributed by atoms with Crippen molar-refractivity contribution in [3.05, 3.63) is 34.5 Å². The minimum atomic E-state index is -0.563. The molecule has 1 heterocycles. The van der Waals surface area contributed by atoms with Crippen LogP contribution in [0.1, 0.15) is 36.7 Å². The number of aromatic nitrogens is 1. The standard InChI is InChI=1S/C14H16ClNO3/c1-14(2,3)19-13(18)10-6-16-11-5-9(15)4-8(7-17)12(10)11/h4-6,16-17H,7H2,1-3H3. The molecule has 1 aromatic carbocycles. The van der Waals surface area contributed by atoms with E-state index in [1.165, 1.54) is 0 Å². The van der Waals surface area contributed by atoms with Gasteiger partial charge < -0.3 is 14.8 Å². The first-order chi connectivity index (χ1) is 8.81. The van der Waals surface area contributed by atoms with Crippen molar-refractivity contribution in [1.29, 1.82) is 0 Å². The fourth-order valence-corrected chi connectivity index (χ4v) is 2.18. The van der Waals surface area contributed by atoms with Crippen molar-refractivity contribution in [2.24, 2.45) is 0 Å². The van der Waals surface area contributed by atoms with Crippen LogP contribution in [0.15, 0.2) is 18.3 Å². The second-order valence-corrected chi connectivity index (χ2v) is 5.79. The molecule has 0 aliphatic carbocycles. The van der Waals surface area contributed by atoms with Crippen LogP contribution in [0.2, 0.25) is 5.02 Å². The summed E-state index contributed by atoms with van der Waals surface area (Å²) >= 11 is 5.95. The van der Waals surface area contributed by atoms with Crippen LogP contribution >= 0.6 is 11.6 Å². The second-order valence-electron chi connectivity index (χ2n) is 5.35. The van der Waals surface area contributed by atoms with Crippen LogP contribution in [0.5, 0.6) is 0 Å². The Bertz CT molecular complexity index is 625. The average molecular weight is 282 g/mol. The lowest BCUT2D eigenvalue weighted by Gasteiger charge is -2.19. The third-order valence-corrected chi connectivity index (χ3v) is 2.83. The number of aliphatic hydroxyl groups excluding tert-OH is 1. The van der Waals surface area contributed by atoms with Gasteiger partial charge in [-0.25, -0.2) is 4.79 Å². The Morgan fingerprint density at radius 1 is 1.42 bits per heavy atom. The fourth-order valence-electron chi connectivity index (χ4n) is 1.94. The molecule has 0 saturated heterocycles. The van der Waals surface area contributed by atoms with Crippen molar-refractivity contribution in [2.75, 3.05) is 0 Å². The molecule has 0 unspecified atom stereocenters. The first kappa shape index (κ1) is 13.9. The summed E-state index contributed by atoms with van der Waals surface area (Å²) in [6, 6.07) is 3.36. The third kappa shape index (κ3) is 2.91. The molecule has 0 amide bonds. The van der Waals surface area contributed by atoms with Gasteiger partial charge in [0.2, 0.25) is 0 Å². The molecule has 102 valence electrons. The third-order valence-electron chi connectivity index (χ3n) is 2.62. The van der Waals surface area contributed by atoms with Gasteiger partial charge in [0.15, 0.2) is 0 Å². The molecule has 0 fully saturated rings. The van der Waals surface area contributed by atoms with Gasteiger partial charge in [-0.05, 0) is 38.5 Å². The molecular weight excluding hydrogens is 266 g/mol. The van der Waals surface area contributed by atoms with Crippen molar-refractivity contribution in [1.82, 2.24) is 4.98 Å². The van der Waals surface area contributed by atoms with Crippen LogP contribution in [0, 0.1) is 0 Å². The van der Waals surface area contributed by atoms with Gasteiger partial charge in [0, 0.05) is 22.1 Å². The second kappa shape index (κ2) is 4.87. The number of ether oxygens (including phenoxy) is 1. The Balaban J connectivity index is 2.53. The van der Waals surface area contributed by atoms with E-state index in [-0.39, 0.29) is 6.61 Å². The van der Waals surface area contributed by atoms with E-state index in [9.17, 15) is 9.90 Å². The topological polar surface area (TPSA) is 62.3 Å². The molecule has 0 aliphatic rings. The highest BCUT2D eigenvalue weighted by atomic mass is 35.5. The molecule has 2 N–H and O–H groups in total.